The third-order valence-corrected chi connectivity index (χ3v) is 6.03. The number of rotatable bonds is 10. The van der Waals surface area contributed by atoms with Crippen LogP contribution in [0.5, 0.6) is 0 Å². The standard InChI is InChI=1S/C29H39N5O2/c1-6-7-13-18-33(28(36)30-20-23-15-9-8-10-16-23)21-27(35)31-26-19-25(29(3,4)5)32-34(26)24-17-12-11-14-22(24)2/h8-12,14-17,19H,6-7,13,18,20-21H2,1-5H3,(H,30,36)(H,31,35). The first-order chi connectivity index (χ1) is 17.2. The van der Waals surface area contributed by atoms with Gasteiger partial charge in [0.15, 0.2) is 0 Å². The second kappa shape index (κ2) is 12.4. The molecule has 2 aromatic carbocycles. The van der Waals surface area contributed by atoms with Crippen LogP contribution in [0.25, 0.3) is 5.69 Å². The second-order valence-corrected chi connectivity index (χ2v) is 10.2. The minimum atomic E-state index is -0.253. The molecule has 0 saturated carbocycles. The summed E-state index contributed by atoms with van der Waals surface area (Å²) >= 11 is 0. The zero-order chi connectivity index (χ0) is 26.1. The molecule has 1 heterocycles. The summed E-state index contributed by atoms with van der Waals surface area (Å²) in [5.41, 5.74) is 3.67. The fourth-order valence-electron chi connectivity index (χ4n) is 3.87. The fraction of sp³-hybridized carbons (Fsp3) is 0.414. The van der Waals surface area contributed by atoms with Crippen LogP contribution in [0.1, 0.15) is 63.8 Å². The molecule has 0 radical (unpaired) electrons. The van der Waals surface area contributed by atoms with Gasteiger partial charge in [0.25, 0.3) is 0 Å². The third kappa shape index (κ3) is 7.44. The van der Waals surface area contributed by atoms with Crippen LogP contribution < -0.4 is 10.6 Å². The molecule has 7 nitrogen and oxygen atoms in total. The third-order valence-electron chi connectivity index (χ3n) is 6.03. The largest absolute Gasteiger partial charge is 0.334 e. The molecule has 3 amide bonds. The molecule has 0 aliphatic heterocycles. The molecule has 0 saturated heterocycles. The van der Waals surface area contributed by atoms with E-state index in [1.807, 2.05) is 67.6 Å². The molecule has 0 bridgehead atoms. The lowest BCUT2D eigenvalue weighted by Crippen LogP contribution is -2.44. The molecule has 0 aliphatic rings. The highest BCUT2D eigenvalue weighted by Crippen LogP contribution is 2.27. The van der Waals surface area contributed by atoms with Crippen molar-refractivity contribution in [1.29, 1.82) is 0 Å². The van der Waals surface area contributed by atoms with Gasteiger partial charge in [-0.2, -0.15) is 5.10 Å². The van der Waals surface area contributed by atoms with Gasteiger partial charge < -0.3 is 15.5 Å². The summed E-state index contributed by atoms with van der Waals surface area (Å²) in [5, 5.41) is 10.8. The summed E-state index contributed by atoms with van der Waals surface area (Å²) < 4.78 is 1.78. The van der Waals surface area contributed by atoms with Crippen molar-refractivity contribution < 1.29 is 9.59 Å². The number of para-hydroxylation sites is 1. The molecule has 0 spiro atoms. The molecule has 2 N–H and O–H groups in total. The Balaban J connectivity index is 1.77. The lowest BCUT2D eigenvalue weighted by molar-refractivity contribution is -0.116. The first kappa shape index (κ1) is 27.0. The van der Waals surface area contributed by atoms with E-state index in [1.165, 1.54) is 0 Å². The van der Waals surface area contributed by atoms with E-state index in [-0.39, 0.29) is 23.9 Å². The number of urea groups is 1. The highest BCUT2D eigenvalue weighted by atomic mass is 16.2. The molecule has 7 heteroatoms. The second-order valence-electron chi connectivity index (χ2n) is 10.2. The number of unbranched alkanes of at least 4 members (excludes halogenated alkanes) is 2. The summed E-state index contributed by atoms with van der Waals surface area (Å²) in [7, 11) is 0. The Labute approximate surface area is 214 Å². The van der Waals surface area contributed by atoms with E-state index in [4.69, 9.17) is 5.10 Å². The van der Waals surface area contributed by atoms with Gasteiger partial charge in [0.1, 0.15) is 12.4 Å². The van der Waals surface area contributed by atoms with Gasteiger partial charge in [-0.05, 0) is 30.5 Å². The molecule has 3 aromatic rings. The Morgan fingerprint density at radius 3 is 2.36 bits per heavy atom. The molecule has 1 aromatic heterocycles. The van der Waals surface area contributed by atoms with Crippen LogP contribution in [-0.2, 0) is 16.8 Å². The summed E-state index contributed by atoms with van der Waals surface area (Å²) in [5.74, 6) is 0.342. The number of benzene rings is 2. The van der Waals surface area contributed by atoms with E-state index in [1.54, 1.807) is 9.58 Å². The van der Waals surface area contributed by atoms with Crippen molar-refractivity contribution in [3.63, 3.8) is 0 Å². The van der Waals surface area contributed by atoms with Crippen LogP contribution in [0.15, 0.2) is 60.7 Å². The van der Waals surface area contributed by atoms with Crippen molar-refractivity contribution in [2.24, 2.45) is 0 Å². The van der Waals surface area contributed by atoms with Gasteiger partial charge in [0, 0.05) is 24.6 Å². The topological polar surface area (TPSA) is 79.3 Å². The lowest BCUT2D eigenvalue weighted by atomic mass is 9.92. The highest BCUT2D eigenvalue weighted by Gasteiger charge is 2.23. The van der Waals surface area contributed by atoms with Crippen LogP contribution in [0.3, 0.4) is 0 Å². The first-order valence-corrected chi connectivity index (χ1v) is 12.7. The molecule has 192 valence electrons. The molecular formula is C29H39N5O2. The van der Waals surface area contributed by atoms with Crippen molar-refractivity contribution in [3.8, 4) is 5.69 Å². The summed E-state index contributed by atoms with van der Waals surface area (Å²) in [6.07, 6.45) is 2.88. The van der Waals surface area contributed by atoms with Crippen LogP contribution >= 0.6 is 0 Å². The molecule has 36 heavy (non-hydrogen) atoms. The van der Waals surface area contributed by atoms with E-state index in [9.17, 15) is 9.59 Å². The van der Waals surface area contributed by atoms with Crippen molar-refractivity contribution in [2.75, 3.05) is 18.4 Å². The van der Waals surface area contributed by atoms with Crippen LogP contribution in [0, 0.1) is 6.92 Å². The lowest BCUT2D eigenvalue weighted by Gasteiger charge is -2.23. The first-order valence-electron chi connectivity index (χ1n) is 12.7. The van der Waals surface area contributed by atoms with Crippen molar-refractivity contribution in [3.05, 3.63) is 77.5 Å². The number of hydrogen-bond acceptors (Lipinski definition) is 3. The summed E-state index contributed by atoms with van der Waals surface area (Å²) in [6.45, 7) is 11.3. The normalized spacial score (nSPS) is 11.2. The van der Waals surface area contributed by atoms with E-state index < -0.39 is 0 Å². The maximum absolute atomic E-state index is 13.2. The van der Waals surface area contributed by atoms with Crippen LogP contribution in [0.4, 0.5) is 10.6 Å². The number of aromatic nitrogens is 2. The Morgan fingerprint density at radius 1 is 1.00 bits per heavy atom. The van der Waals surface area contributed by atoms with Crippen molar-refractivity contribution in [2.45, 2.75) is 65.8 Å². The monoisotopic (exact) mass is 489 g/mol. The molecule has 3 rings (SSSR count). The maximum Gasteiger partial charge on any atom is 0.318 e. The molecule has 0 atom stereocenters. The molecule has 0 fully saturated rings. The minimum absolute atomic E-state index is 0.0336. The molecule has 0 unspecified atom stereocenters. The summed E-state index contributed by atoms with van der Waals surface area (Å²) in [6, 6.07) is 19.4. The molecule has 0 aliphatic carbocycles. The number of nitrogens with zero attached hydrogens (tertiary/aromatic N) is 3. The zero-order valence-corrected chi connectivity index (χ0v) is 22.2. The van der Waals surface area contributed by atoms with E-state index in [0.29, 0.717) is 18.9 Å². The number of anilines is 1. The van der Waals surface area contributed by atoms with Crippen LogP contribution in [-0.4, -0.2) is 39.7 Å². The number of hydrogen-bond donors (Lipinski definition) is 2. The van der Waals surface area contributed by atoms with Crippen LogP contribution in [0.2, 0.25) is 0 Å². The van der Waals surface area contributed by atoms with Gasteiger partial charge in [0.2, 0.25) is 5.91 Å². The van der Waals surface area contributed by atoms with Gasteiger partial charge in [-0.3, -0.25) is 4.79 Å². The number of carbonyl (C=O) groups excluding carboxylic acids is 2. The van der Waals surface area contributed by atoms with Gasteiger partial charge in [-0.1, -0.05) is 89.1 Å². The number of amides is 3. The smallest absolute Gasteiger partial charge is 0.318 e. The van der Waals surface area contributed by atoms with Gasteiger partial charge in [0.05, 0.1) is 11.4 Å². The van der Waals surface area contributed by atoms with E-state index >= 15 is 0 Å². The average molecular weight is 490 g/mol. The Hall–Kier alpha value is -3.61. The highest BCUT2D eigenvalue weighted by molar-refractivity contribution is 5.94. The Bertz CT molecular complexity index is 1150. The number of nitrogens with one attached hydrogen (secondary N) is 2. The van der Waals surface area contributed by atoms with Crippen molar-refractivity contribution >= 4 is 17.8 Å². The maximum atomic E-state index is 13.2. The quantitative estimate of drug-likeness (QED) is 0.352. The predicted octanol–water partition coefficient (Wildman–Crippen LogP) is 5.82. The van der Waals surface area contributed by atoms with Gasteiger partial charge in [-0.15, -0.1) is 0 Å². The van der Waals surface area contributed by atoms with Crippen molar-refractivity contribution in [1.82, 2.24) is 20.0 Å². The number of carbonyl (C=O) groups is 2. The fourth-order valence-corrected chi connectivity index (χ4v) is 3.87. The SMILES string of the molecule is CCCCCN(CC(=O)Nc1cc(C(C)(C)C)nn1-c1ccccc1C)C(=O)NCc1ccccc1. The van der Waals surface area contributed by atoms with E-state index in [0.717, 1.165) is 41.8 Å². The molecular weight excluding hydrogens is 450 g/mol. The zero-order valence-electron chi connectivity index (χ0n) is 22.2. The number of aryl methyl sites for hydroxylation is 1. The summed E-state index contributed by atoms with van der Waals surface area (Å²) in [4.78, 5) is 27.8. The van der Waals surface area contributed by atoms with Gasteiger partial charge in [-0.25, -0.2) is 9.48 Å². The minimum Gasteiger partial charge on any atom is -0.334 e. The van der Waals surface area contributed by atoms with Gasteiger partial charge >= 0.3 is 6.03 Å². The Kier molecular flexibility index (Phi) is 9.28. The Morgan fingerprint density at radius 2 is 1.69 bits per heavy atom. The average Bonchev–Trinajstić information content (AvgIpc) is 3.27. The predicted molar refractivity (Wildman–Crippen MR) is 145 cm³/mol. The van der Waals surface area contributed by atoms with E-state index in [2.05, 4.69) is 38.3 Å².